The Kier molecular flexibility index (Phi) is 8.34. The van der Waals surface area contributed by atoms with Crippen molar-refractivity contribution in [1.82, 2.24) is 26.0 Å². The number of amides is 5. The van der Waals surface area contributed by atoms with Crippen LogP contribution in [0.25, 0.3) is 0 Å². The number of urea groups is 1. The second kappa shape index (κ2) is 10.7. The van der Waals surface area contributed by atoms with Crippen LogP contribution in [0.5, 0.6) is 5.75 Å². The molecule has 0 bridgehead atoms. The van der Waals surface area contributed by atoms with Crippen LogP contribution in [0, 0.1) is 0 Å². The Morgan fingerprint density at radius 3 is 2.58 bits per heavy atom. The lowest BCUT2D eigenvalue weighted by molar-refractivity contribution is -0.139. The lowest BCUT2D eigenvalue weighted by atomic mass is 9.92. The molecule has 1 unspecified atom stereocenters. The summed E-state index contributed by atoms with van der Waals surface area (Å²) in [5.74, 6) is -0.942. The van der Waals surface area contributed by atoms with Gasteiger partial charge in [-0.15, -0.1) is 0 Å². The number of carbonyl (C=O) groups is 4. The molecule has 1 heterocycles. The van der Waals surface area contributed by atoms with E-state index in [0.717, 1.165) is 0 Å². The number of nitrogens with one attached hydrogen (secondary N) is 3. The van der Waals surface area contributed by atoms with Gasteiger partial charge in [0, 0.05) is 20.3 Å². The van der Waals surface area contributed by atoms with Crippen LogP contribution in [0.1, 0.15) is 18.9 Å². The van der Waals surface area contributed by atoms with Crippen molar-refractivity contribution >= 4 is 23.8 Å². The van der Waals surface area contributed by atoms with Gasteiger partial charge in [-0.05, 0) is 38.1 Å². The topological polar surface area (TPSA) is 129 Å². The van der Waals surface area contributed by atoms with Crippen LogP contribution in [-0.2, 0) is 24.7 Å². The number of ether oxygens (including phenoxy) is 2. The van der Waals surface area contributed by atoms with Gasteiger partial charge in [0.25, 0.3) is 11.8 Å². The minimum Gasteiger partial charge on any atom is -0.497 e. The molecule has 1 fully saturated rings. The number of methoxy groups -OCH3 is 2. The summed E-state index contributed by atoms with van der Waals surface area (Å²) in [6.45, 7) is 2.37. The highest BCUT2D eigenvalue weighted by atomic mass is 16.5. The number of carbonyl (C=O) groups excluding carboxylic acids is 4. The Bertz CT molecular complexity index is 832. The minimum absolute atomic E-state index is 0.0118. The zero-order chi connectivity index (χ0) is 23.0. The van der Waals surface area contributed by atoms with Crippen LogP contribution in [0.2, 0.25) is 0 Å². The van der Waals surface area contributed by atoms with E-state index >= 15 is 0 Å². The Labute approximate surface area is 181 Å². The quantitative estimate of drug-likeness (QED) is 0.318. The lowest BCUT2D eigenvalue weighted by Gasteiger charge is -2.23. The first-order valence-electron chi connectivity index (χ1n) is 9.76. The number of hydrogen-bond donors (Lipinski definition) is 3. The van der Waals surface area contributed by atoms with Crippen molar-refractivity contribution in [1.29, 1.82) is 0 Å². The van der Waals surface area contributed by atoms with E-state index < -0.39 is 23.4 Å². The fourth-order valence-electron chi connectivity index (χ4n) is 3.08. The van der Waals surface area contributed by atoms with E-state index in [-0.39, 0.29) is 19.0 Å². The van der Waals surface area contributed by atoms with E-state index in [1.165, 1.54) is 12.0 Å². The predicted octanol–water partition coefficient (Wildman–Crippen LogP) is -0.422. The third-order valence-electron chi connectivity index (χ3n) is 4.75. The molecule has 5 amide bonds. The predicted molar refractivity (Wildman–Crippen MR) is 111 cm³/mol. The van der Waals surface area contributed by atoms with Crippen molar-refractivity contribution in [3.05, 3.63) is 29.8 Å². The Hall–Kier alpha value is -3.18. The average Bonchev–Trinajstić information content (AvgIpc) is 2.95. The SMILES string of the molecule is COCCCNC(=O)CN(C)CC(=O)NN1C(=O)NC(C)(c2cccc(OC)c2)C1=O. The number of rotatable bonds is 11. The van der Waals surface area contributed by atoms with Crippen LogP contribution in [0.4, 0.5) is 4.79 Å². The number of hydrogen-bond acceptors (Lipinski definition) is 7. The Morgan fingerprint density at radius 1 is 1.19 bits per heavy atom. The molecule has 1 aromatic rings. The highest BCUT2D eigenvalue weighted by Gasteiger charge is 2.50. The average molecular weight is 435 g/mol. The molecule has 31 heavy (non-hydrogen) atoms. The molecule has 0 aromatic heterocycles. The molecular formula is C20H29N5O6. The van der Waals surface area contributed by atoms with E-state index in [1.54, 1.807) is 45.3 Å². The molecule has 1 aliphatic rings. The molecule has 0 radical (unpaired) electrons. The number of imide groups is 1. The van der Waals surface area contributed by atoms with Crippen LogP contribution < -0.4 is 20.8 Å². The van der Waals surface area contributed by atoms with Crippen molar-refractivity contribution in [3.63, 3.8) is 0 Å². The van der Waals surface area contributed by atoms with Crippen molar-refractivity contribution in [2.24, 2.45) is 0 Å². The fourth-order valence-corrected chi connectivity index (χ4v) is 3.08. The van der Waals surface area contributed by atoms with Crippen LogP contribution in [-0.4, -0.2) is 81.2 Å². The molecule has 170 valence electrons. The molecule has 2 rings (SSSR count). The van der Waals surface area contributed by atoms with Crippen LogP contribution >= 0.6 is 0 Å². The molecule has 1 saturated heterocycles. The van der Waals surface area contributed by atoms with E-state index in [9.17, 15) is 19.2 Å². The summed E-state index contributed by atoms with van der Waals surface area (Å²) in [5.41, 5.74) is 1.47. The van der Waals surface area contributed by atoms with Crippen molar-refractivity contribution in [2.45, 2.75) is 18.9 Å². The van der Waals surface area contributed by atoms with Gasteiger partial charge in [-0.3, -0.25) is 24.7 Å². The lowest BCUT2D eigenvalue weighted by Crippen LogP contribution is -2.51. The van der Waals surface area contributed by atoms with Crippen LogP contribution in [0.3, 0.4) is 0 Å². The normalized spacial score (nSPS) is 18.2. The van der Waals surface area contributed by atoms with Gasteiger partial charge in [0.15, 0.2) is 0 Å². The first-order chi connectivity index (χ1) is 14.7. The maximum atomic E-state index is 12.9. The maximum absolute atomic E-state index is 12.9. The molecule has 11 heteroatoms. The summed E-state index contributed by atoms with van der Waals surface area (Å²) in [7, 11) is 4.67. The highest BCUT2D eigenvalue weighted by molar-refractivity contribution is 6.08. The summed E-state index contributed by atoms with van der Waals surface area (Å²) in [6.07, 6.45) is 0.685. The molecule has 0 aliphatic carbocycles. The zero-order valence-electron chi connectivity index (χ0n) is 18.2. The van der Waals surface area contributed by atoms with Crippen molar-refractivity contribution in [2.75, 3.05) is 47.5 Å². The van der Waals surface area contributed by atoms with Gasteiger partial charge >= 0.3 is 6.03 Å². The maximum Gasteiger partial charge on any atom is 0.344 e. The Morgan fingerprint density at radius 2 is 1.90 bits per heavy atom. The number of nitrogens with zero attached hydrogens (tertiary/aromatic N) is 2. The first kappa shape index (κ1) is 24.1. The summed E-state index contributed by atoms with van der Waals surface area (Å²) in [4.78, 5) is 51.0. The standard InChI is InChI=1S/C20H29N5O6/c1-20(14-7-5-8-15(11-14)31-4)18(28)25(19(29)22-20)23-17(27)13-24(2)12-16(26)21-9-6-10-30-3/h5,7-8,11H,6,9-10,12-13H2,1-4H3,(H,21,26)(H,22,29)(H,23,27). The Balaban J connectivity index is 1.92. The third-order valence-corrected chi connectivity index (χ3v) is 4.75. The highest BCUT2D eigenvalue weighted by Crippen LogP contribution is 2.30. The van der Waals surface area contributed by atoms with Gasteiger partial charge in [0.1, 0.15) is 11.3 Å². The molecule has 3 N–H and O–H groups in total. The number of hydrazine groups is 1. The van der Waals surface area contributed by atoms with Gasteiger partial charge in [-0.25, -0.2) is 4.79 Å². The summed E-state index contributed by atoms with van der Waals surface area (Å²) in [6, 6.07) is 6.00. The van der Waals surface area contributed by atoms with Crippen molar-refractivity contribution < 1.29 is 28.7 Å². The van der Waals surface area contributed by atoms with Gasteiger partial charge in [-0.1, -0.05) is 12.1 Å². The molecule has 1 aromatic carbocycles. The van der Waals surface area contributed by atoms with Crippen LogP contribution in [0.15, 0.2) is 24.3 Å². The minimum atomic E-state index is -1.35. The molecular weight excluding hydrogens is 406 g/mol. The van der Waals surface area contributed by atoms with Gasteiger partial charge < -0.3 is 20.1 Å². The smallest absolute Gasteiger partial charge is 0.344 e. The molecule has 0 spiro atoms. The van der Waals surface area contributed by atoms with E-state index in [1.807, 2.05) is 0 Å². The molecule has 11 nitrogen and oxygen atoms in total. The first-order valence-corrected chi connectivity index (χ1v) is 9.76. The van der Waals surface area contributed by atoms with Gasteiger partial charge in [-0.2, -0.15) is 5.01 Å². The van der Waals surface area contributed by atoms with E-state index in [2.05, 4.69) is 16.1 Å². The zero-order valence-corrected chi connectivity index (χ0v) is 18.2. The molecule has 0 saturated carbocycles. The largest absolute Gasteiger partial charge is 0.497 e. The summed E-state index contributed by atoms with van der Waals surface area (Å²) < 4.78 is 10.1. The monoisotopic (exact) mass is 435 g/mol. The molecule has 1 atom stereocenters. The second-order valence-corrected chi connectivity index (χ2v) is 7.33. The number of likely N-dealkylation sites (N-methyl/N-ethyl adjacent to an activating group) is 1. The third kappa shape index (κ3) is 6.15. The van der Waals surface area contributed by atoms with Gasteiger partial charge in [0.05, 0.1) is 20.2 Å². The van der Waals surface area contributed by atoms with Crippen molar-refractivity contribution in [3.8, 4) is 5.75 Å². The second-order valence-electron chi connectivity index (χ2n) is 7.33. The van der Waals surface area contributed by atoms with Gasteiger partial charge in [0.2, 0.25) is 5.91 Å². The fraction of sp³-hybridized carbons (Fsp3) is 0.500. The number of benzene rings is 1. The summed E-state index contributed by atoms with van der Waals surface area (Å²) in [5, 5.41) is 5.97. The molecule has 1 aliphatic heterocycles. The van der Waals surface area contributed by atoms with E-state index in [0.29, 0.717) is 35.9 Å². The van der Waals surface area contributed by atoms with E-state index in [4.69, 9.17) is 9.47 Å². The summed E-state index contributed by atoms with van der Waals surface area (Å²) >= 11 is 0.